The molecule has 3 N–H and O–H groups in total. The van der Waals surface area contributed by atoms with Gasteiger partial charge in [-0.3, -0.25) is 14.4 Å². The van der Waals surface area contributed by atoms with Crippen LogP contribution in [0.5, 0.6) is 0 Å². The van der Waals surface area contributed by atoms with E-state index in [1.807, 2.05) is 30.3 Å². The van der Waals surface area contributed by atoms with E-state index in [0.29, 0.717) is 43.3 Å². The average Bonchev–Trinajstić information content (AvgIpc) is 2.77. The van der Waals surface area contributed by atoms with E-state index in [2.05, 4.69) is 16.0 Å². The minimum Gasteiger partial charge on any atom is -0.445 e. The first-order valence-electron chi connectivity index (χ1n) is 10.1. The fourth-order valence-electron chi connectivity index (χ4n) is 2.79. The third-order valence-corrected chi connectivity index (χ3v) is 4.43. The Morgan fingerprint density at radius 3 is 2.35 bits per heavy atom. The first-order valence-corrected chi connectivity index (χ1v) is 10.1. The van der Waals surface area contributed by atoms with E-state index in [1.54, 1.807) is 24.3 Å². The lowest BCUT2D eigenvalue weighted by molar-refractivity contribution is -0.119. The van der Waals surface area contributed by atoms with Crippen LogP contribution in [0.15, 0.2) is 54.6 Å². The van der Waals surface area contributed by atoms with Crippen molar-refractivity contribution in [2.24, 2.45) is 0 Å². The highest BCUT2D eigenvalue weighted by molar-refractivity contribution is 5.96. The maximum absolute atomic E-state index is 12.7. The zero-order chi connectivity index (χ0) is 22.5. The molecule has 0 aliphatic rings. The molecule has 31 heavy (non-hydrogen) atoms. The standard InChI is InChI=1S/C23H27N3O5/c1-17(28)24-14-6-5-9-21(22(29)25-20-12-10-18(15-27)11-13-20)26-23(30)31-16-19-7-3-2-4-8-19/h2-4,7-8,10-13,15,21H,5-6,9,14,16H2,1H3,(H,24,28)(H,25,29)(H,26,30)/t21-/m0/s1. The van der Waals surface area contributed by atoms with Crippen molar-refractivity contribution in [3.05, 3.63) is 65.7 Å². The van der Waals surface area contributed by atoms with Crippen LogP contribution in [0, 0.1) is 0 Å². The molecule has 0 saturated carbocycles. The average molecular weight is 425 g/mol. The summed E-state index contributed by atoms with van der Waals surface area (Å²) < 4.78 is 5.22. The number of alkyl carbamates (subject to hydrolysis) is 1. The van der Waals surface area contributed by atoms with Crippen molar-refractivity contribution >= 4 is 29.9 Å². The van der Waals surface area contributed by atoms with Gasteiger partial charge in [0.15, 0.2) is 0 Å². The summed E-state index contributed by atoms with van der Waals surface area (Å²) >= 11 is 0. The monoisotopic (exact) mass is 425 g/mol. The van der Waals surface area contributed by atoms with E-state index >= 15 is 0 Å². The predicted molar refractivity (Wildman–Crippen MR) is 117 cm³/mol. The molecule has 0 saturated heterocycles. The van der Waals surface area contributed by atoms with Gasteiger partial charge in [0, 0.05) is 24.7 Å². The highest BCUT2D eigenvalue weighted by Crippen LogP contribution is 2.11. The minimum atomic E-state index is -0.814. The van der Waals surface area contributed by atoms with Gasteiger partial charge in [-0.1, -0.05) is 30.3 Å². The number of nitrogens with one attached hydrogen (secondary N) is 3. The Balaban J connectivity index is 1.93. The SMILES string of the molecule is CC(=O)NCCCC[C@H](NC(=O)OCc1ccccc1)C(=O)Nc1ccc(C=O)cc1. The Kier molecular flexibility index (Phi) is 9.74. The lowest BCUT2D eigenvalue weighted by atomic mass is 10.1. The van der Waals surface area contributed by atoms with E-state index in [0.717, 1.165) is 5.56 Å². The lowest BCUT2D eigenvalue weighted by Gasteiger charge is -2.18. The fourth-order valence-corrected chi connectivity index (χ4v) is 2.79. The zero-order valence-electron chi connectivity index (χ0n) is 17.4. The Labute approximate surface area is 181 Å². The molecule has 3 amide bonds. The number of hydrogen-bond acceptors (Lipinski definition) is 5. The van der Waals surface area contributed by atoms with Gasteiger partial charge in [0.05, 0.1) is 0 Å². The van der Waals surface area contributed by atoms with Crippen LogP contribution < -0.4 is 16.0 Å². The lowest BCUT2D eigenvalue weighted by Crippen LogP contribution is -2.44. The third-order valence-electron chi connectivity index (χ3n) is 4.43. The van der Waals surface area contributed by atoms with E-state index in [4.69, 9.17) is 4.74 Å². The molecule has 0 heterocycles. The molecular formula is C23H27N3O5. The van der Waals surface area contributed by atoms with Crippen LogP contribution >= 0.6 is 0 Å². The van der Waals surface area contributed by atoms with Gasteiger partial charge in [0.2, 0.25) is 11.8 Å². The van der Waals surface area contributed by atoms with Crippen molar-refractivity contribution in [3.8, 4) is 0 Å². The van der Waals surface area contributed by atoms with Crippen molar-refractivity contribution in [2.75, 3.05) is 11.9 Å². The van der Waals surface area contributed by atoms with Crippen LogP contribution in [0.25, 0.3) is 0 Å². The number of unbranched alkanes of at least 4 members (excludes halogenated alkanes) is 1. The van der Waals surface area contributed by atoms with E-state index in [9.17, 15) is 19.2 Å². The van der Waals surface area contributed by atoms with Crippen molar-refractivity contribution in [1.82, 2.24) is 10.6 Å². The zero-order valence-corrected chi connectivity index (χ0v) is 17.4. The highest BCUT2D eigenvalue weighted by atomic mass is 16.5. The third kappa shape index (κ3) is 9.12. The molecule has 8 heteroatoms. The van der Waals surface area contributed by atoms with Crippen LogP contribution in [0.4, 0.5) is 10.5 Å². The molecule has 0 aromatic heterocycles. The molecule has 1 atom stereocenters. The number of carbonyl (C=O) groups is 4. The van der Waals surface area contributed by atoms with Crippen LogP contribution in [0.2, 0.25) is 0 Å². The first kappa shape index (κ1) is 23.6. The number of benzene rings is 2. The topological polar surface area (TPSA) is 114 Å². The number of hydrogen-bond donors (Lipinski definition) is 3. The smallest absolute Gasteiger partial charge is 0.408 e. The van der Waals surface area contributed by atoms with Crippen molar-refractivity contribution < 1.29 is 23.9 Å². The van der Waals surface area contributed by atoms with Crippen LogP contribution in [-0.2, 0) is 20.9 Å². The van der Waals surface area contributed by atoms with Crippen LogP contribution in [0.1, 0.15) is 42.1 Å². The second kappa shape index (κ2) is 12.8. The summed E-state index contributed by atoms with van der Waals surface area (Å²) in [4.78, 5) is 46.7. The summed E-state index contributed by atoms with van der Waals surface area (Å²) in [6.45, 7) is 2.03. The van der Waals surface area contributed by atoms with Gasteiger partial charge in [-0.2, -0.15) is 0 Å². The maximum atomic E-state index is 12.7. The fraction of sp³-hybridized carbons (Fsp3) is 0.304. The molecule has 0 radical (unpaired) electrons. The Morgan fingerprint density at radius 1 is 1.00 bits per heavy atom. The van der Waals surface area contributed by atoms with Gasteiger partial charge in [-0.15, -0.1) is 0 Å². The molecule has 2 aromatic carbocycles. The summed E-state index contributed by atoms with van der Waals surface area (Å²) in [6, 6.07) is 14.8. The maximum Gasteiger partial charge on any atom is 0.408 e. The van der Waals surface area contributed by atoms with Gasteiger partial charge >= 0.3 is 6.09 Å². The number of ether oxygens (including phenoxy) is 1. The summed E-state index contributed by atoms with van der Waals surface area (Å²) in [7, 11) is 0. The van der Waals surface area contributed by atoms with Gasteiger partial charge in [0.1, 0.15) is 18.9 Å². The second-order valence-electron chi connectivity index (χ2n) is 6.97. The molecule has 0 fully saturated rings. The van der Waals surface area contributed by atoms with Crippen molar-refractivity contribution in [3.63, 3.8) is 0 Å². The Bertz CT molecular complexity index is 869. The number of rotatable bonds is 11. The quantitative estimate of drug-likeness (QED) is 0.378. The first-order chi connectivity index (χ1) is 15.0. The number of aldehydes is 1. The summed E-state index contributed by atoms with van der Waals surface area (Å²) in [5.41, 5.74) is 1.85. The van der Waals surface area contributed by atoms with E-state index < -0.39 is 18.0 Å². The van der Waals surface area contributed by atoms with Gasteiger partial charge < -0.3 is 20.7 Å². The molecule has 0 aliphatic carbocycles. The minimum absolute atomic E-state index is 0.0939. The molecule has 164 valence electrons. The van der Waals surface area contributed by atoms with E-state index in [-0.39, 0.29) is 12.5 Å². The number of carbonyl (C=O) groups excluding carboxylic acids is 4. The Hall–Kier alpha value is -3.68. The Morgan fingerprint density at radius 2 is 1.71 bits per heavy atom. The molecule has 0 spiro atoms. The molecule has 2 rings (SSSR count). The molecule has 8 nitrogen and oxygen atoms in total. The van der Waals surface area contributed by atoms with Crippen molar-refractivity contribution in [2.45, 2.75) is 38.8 Å². The van der Waals surface area contributed by atoms with Gasteiger partial charge in [-0.05, 0) is 49.1 Å². The normalized spacial score (nSPS) is 11.1. The molecule has 0 aliphatic heterocycles. The van der Waals surface area contributed by atoms with E-state index in [1.165, 1.54) is 6.92 Å². The highest BCUT2D eigenvalue weighted by Gasteiger charge is 2.21. The van der Waals surface area contributed by atoms with Crippen LogP contribution in [0.3, 0.4) is 0 Å². The summed E-state index contributed by atoms with van der Waals surface area (Å²) in [5, 5.41) is 8.05. The van der Waals surface area contributed by atoms with Gasteiger partial charge in [0.25, 0.3) is 0 Å². The second-order valence-corrected chi connectivity index (χ2v) is 6.97. The van der Waals surface area contributed by atoms with Crippen molar-refractivity contribution in [1.29, 1.82) is 0 Å². The number of anilines is 1. The summed E-state index contributed by atoms with van der Waals surface area (Å²) in [6.07, 6.45) is 1.67. The largest absolute Gasteiger partial charge is 0.445 e. The predicted octanol–water partition coefficient (Wildman–Crippen LogP) is 3.04. The van der Waals surface area contributed by atoms with Gasteiger partial charge in [-0.25, -0.2) is 4.79 Å². The molecule has 2 aromatic rings. The summed E-state index contributed by atoms with van der Waals surface area (Å²) in [5.74, 6) is -0.509. The molecule has 0 unspecified atom stereocenters. The number of amides is 3. The molecule has 0 bridgehead atoms. The molecular weight excluding hydrogens is 398 g/mol. The van der Waals surface area contributed by atoms with Crippen LogP contribution in [-0.4, -0.2) is 36.8 Å².